The second kappa shape index (κ2) is 10.1. The lowest BCUT2D eigenvalue weighted by Crippen LogP contribution is -2.42. The standard InChI is InChI=1S/C25H30N4O2/c1-17-4-5-21(14-24(17)28-16-30)25(31)29-13-11-22(18(2)15-29)19-6-8-20(9-7-19)23(27-3)10-12-26/h4-10,12,14,16,18,22H,11,13,15,26H2,1-3H3,(H,28,30). The number of carbonyl (C=O) groups is 2. The number of likely N-dealkylation sites (tertiary alicyclic amines) is 1. The van der Waals surface area contributed by atoms with E-state index in [4.69, 9.17) is 5.73 Å². The van der Waals surface area contributed by atoms with Crippen LogP contribution in [0.2, 0.25) is 0 Å². The molecule has 2 atom stereocenters. The monoisotopic (exact) mass is 418 g/mol. The molecule has 1 aliphatic heterocycles. The van der Waals surface area contributed by atoms with Crippen LogP contribution < -0.4 is 11.1 Å². The smallest absolute Gasteiger partial charge is 0.253 e. The first-order valence-corrected chi connectivity index (χ1v) is 10.5. The Labute approximate surface area is 183 Å². The molecule has 6 heteroatoms. The van der Waals surface area contributed by atoms with Crippen molar-refractivity contribution < 1.29 is 9.59 Å². The number of nitrogens with zero attached hydrogens (tertiary/aromatic N) is 2. The number of allylic oxidation sites excluding steroid dienone is 1. The lowest BCUT2D eigenvalue weighted by atomic mass is 9.81. The zero-order chi connectivity index (χ0) is 22.4. The maximum Gasteiger partial charge on any atom is 0.253 e. The summed E-state index contributed by atoms with van der Waals surface area (Å²) in [7, 11) is 1.75. The number of nitrogens with two attached hydrogens (primary N) is 1. The third-order valence-corrected chi connectivity index (χ3v) is 6.02. The molecule has 0 spiro atoms. The van der Waals surface area contributed by atoms with Crippen molar-refractivity contribution in [1.82, 2.24) is 4.90 Å². The summed E-state index contributed by atoms with van der Waals surface area (Å²) >= 11 is 0. The molecular weight excluding hydrogens is 388 g/mol. The van der Waals surface area contributed by atoms with E-state index >= 15 is 0 Å². The molecule has 31 heavy (non-hydrogen) atoms. The third kappa shape index (κ3) is 5.02. The maximum absolute atomic E-state index is 13.1. The number of amides is 2. The molecule has 2 aromatic carbocycles. The summed E-state index contributed by atoms with van der Waals surface area (Å²) in [6, 6.07) is 13.9. The number of aliphatic imine (C=N–C) groups is 1. The summed E-state index contributed by atoms with van der Waals surface area (Å²) in [5, 5.41) is 2.66. The van der Waals surface area contributed by atoms with Gasteiger partial charge in [-0.25, -0.2) is 0 Å². The summed E-state index contributed by atoms with van der Waals surface area (Å²) in [5.74, 6) is 0.743. The first-order chi connectivity index (χ1) is 15.0. The van der Waals surface area contributed by atoms with Crippen molar-refractivity contribution in [3.63, 3.8) is 0 Å². The van der Waals surface area contributed by atoms with E-state index in [0.29, 0.717) is 42.6 Å². The van der Waals surface area contributed by atoms with E-state index in [9.17, 15) is 9.59 Å². The average molecular weight is 419 g/mol. The topological polar surface area (TPSA) is 87.8 Å². The Morgan fingerprint density at radius 3 is 2.52 bits per heavy atom. The van der Waals surface area contributed by atoms with Gasteiger partial charge in [0.15, 0.2) is 0 Å². The van der Waals surface area contributed by atoms with Gasteiger partial charge in [-0.15, -0.1) is 0 Å². The van der Waals surface area contributed by atoms with Crippen LogP contribution in [-0.2, 0) is 4.79 Å². The molecule has 1 heterocycles. The Hall–Kier alpha value is -3.41. The minimum absolute atomic E-state index is 0.00645. The van der Waals surface area contributed by atoms with Crippen molar-refractivity contribution in [2.24, 2.45) is 16.6 Å². The van der Waals surface area contributed by atoms with Crippen LogP contribution >= 0.6 is 0 Å². The van der Waals surface area contributed by atoms with Gasteiger partial charge in [0, 0.05) is 31.4 Å². The van der Waals surface area contributed by atoms with Gasteiger partial charge in [0.2, 0.25) is 6.41 Å². The first kappa shape index (κ1) is 22.3. The fourth-order valence-corrected chi connectivity index (χ4v) is 4.27. The van der Waals surface area contributed by atoms with E-state index in [1.165, 1.54) is 11.8 Å². The number of piperidine rings is 1. The number of anilines is 1. The van der Waals surface area contributed by atoms with Gasteiger partial charge in [-0.2, -0.15) is 0 Å². The molecule has 0 saturated carbocycles. The summed E-state index contributed by atoms with van der Waals surface area (Å²) < 4.78 is 0. The minimum atomic E-state index is 0.00645. The molecule has 162 valence electrons. The Bertz CT molecular complexity index is 995. The Morgan fingerprint density at radius 2 is 1.90 bits per heavy atom. The number of benzene rings is 2. The second-order valence-corrected chi connectivity index (χ2v) is 8.01. The van der Waals surface area contributed by atoms with Crippen molar-refractivity contribution in [1.29, 1.82) is 0 Å². The van der Waals surface area contributed by atoms with Crippen molar-refractivity contribution in [3.05, 3.63) is 77.0 Å². The van der Waals surface area contributed by atoms with Gasteiger partial charge >= 0.3 is 0 Å². The van der Waals surface area contributed by atoms with Gasteiger partial charge in [-0.05, 0) is 66.3 Å². The molecule has 3 N–H and O–H groups in total. The second-order valence-electron chi connectivity index (χ2n) is 8.01. The summed E-state index contributed by atoms with van der Waals surface area (Å²) in [4.78, 5) is 30.0. The normalized spacial score (nSPS) is 19.5. The molecule has 2 unspecified atom stereocenters. The zero-order valence-corrected chi connectivity index (χ0v) is 18.3. The van der Waals surface area contributed by atoms with E-state index in [2.05, 4.69) is 41.5 Å². The highest BCUT2D eigenvalue weighted by atomic mass is 16.2. The zero-order valence-electron chi connectivity index (χ0n) is 18.3. The van der Waals surface area contributed by atoms with Crippen LogP contribution in [0, 0.1) is 12.8 Å². The van der Waals surface area contributed by atoms with Gasteiger partial charge in [-0.1, -0.05) is 37.3 Å². The molecule has 1 aliphatic rings. The molecule has 2 amide bonds. The van der Waals surface area contributed by atoms with E-state index in [1.807, 2.05) is 24.0 Å². The number of nitrogens with one attached hydrogen (secondary N) is 1. The van der Waals surface area contributed by atoms with Crippen LogP contribution in [0.25, 0.3) is 0 Å². The average Bonchev–Trinajstić information content (AvgIpc) is 2.79. The fourth-order valence-electron chi connectivity index (χ4n) is 4.27. The highest BCUT2D eigenvalue weighted by Crippen LogP contribution is 2.33. The van der Waals surface area contributed by atoms with E-state index in [0.717, 1.165) is 23.3 Å². The predicted molar refractivity (Wildman–Crippen MR) is 126 cm³/mol. The molecule has 2 aromatic rings. The first-order valence-electron chi connectivity index (χ1n) is 10.5. The van der Waals surface area contributed by atoms with Gasteiger partial charge < -0.3 is 16.0 Å². The highest BCUT2D eigenvalue weighted by molar-refractivity contribution is 6.08. The number of hydrogen-bond donors (Lipinski definition) is 2. The minimum Gasteiger partial charge on any atom is -0.405 e. The maximum atomic E-state index is 13.1. The van der Waals surface area contributed by atoms with Crippen molar-refractivity contribution in [2.75, 3.05) is 25.5 Å². The summed E-state index contributed by atoms with van der Waals surface area (Å²) in [6.45, 7) is 5.51. The Kier molecular flexibility index (Phi) is 7.23. The number of rotatable bonds is 6. The van der Waals surface area contributed by atoms with Gasteiger partial charge in [0.1, 0.15) is 0 Å². The molecule has 3 rings (SSSR count). The molecule has 0 bridgehead atoms. The summed E-state index contributed by atoms with van der Waals surface area (Å²) in [6.07, 6.45) is 4.84. The van der Waals surface area contributed by atoms with Crippen LogP contribution in [0.15, 0.2) is 59.7 Å². The summed E-state index contributed by atoms with van der Waals surface area (Å²) in [5.41, 5.74) is 10.9. The molecule has 0 aliphatic carbocycles. The van der Waals surface area contributed by atoms with Crippen molar-refractivity contribution in [2.45, 2.75) is 26.2 Å². The predicted octanol–water partition coefficient (Wildman–Crippen LogP) is 3.72. The number of hydrogen-bond acceptors (Lipinski definition) is 4. The number of carbonyl (C=O) groups excluding carboxylic acids is 2. The SMILES string of the molecule is CN=C(C=CN)c1ccc(C2CCN(C(=O)c3ccc(C)c(NC=O)c3)CC2C)cc1. The van der Waals surface area contributed by atoms with Gasteiger partial charge in [0.05, 0.1) is 5.71 Å². The fraction of sp³-hybridized carbons (Fsp3) is 0.320. The van der Waals surface area contributed by atoms with Crippen LogP contribution in [0.4, 0.5) is 5.69 Å². The van der Waals surface area contributed by atoms with Crippen molar-refractivity contribution >= 4 is 23.7 Å². The third-order valence-electron chi connectivity index (χ3n) is 6.02. The lowest BCUT2D eigenvalue weighted by molar-refractivity contribution is -0.105. The van der Waals surface area contributed by atoms with E-state index in [1.54, 1.807) is 19.2 Å². The molecular formula is C25H30N4O2. The molecule has 1 saturated heterocycles. The largest absolute Gasteiger partial charge is 0.405 e. The molecule has 0 aromatic heterocycles. The van der Waals surface area contributed by atoms with Crippen LogP contribution in [-0.4, -0.2) is 43.1 Å². The van der Waals surface area contributed by atoms with Crippen molar-refractivity contribution in [3.8, 4) is 0 Å². The lowest BCUT2D eigenvalue weighted by Gasteiger charge is -2.37. The van der Waals surface area contributed by atoms with E-state index < -0.39 is 0 Å². The quantitative estimate of drug-likeness (QED) is 0.554. The van der Waals surface area contributed by atoms with Gasteiger partial charge in [0.25, 0.3) is 5.91 Å². The number of aryl methyl sites for hydroxylation is 1. The highest BCUT2D eigenvalue weighted by Gasteiger charge is 2.30. The van der Waals surface area contributed by atoms with Crippen LogP contribution in [0.3, 0.4) is 0 Å². The Balaban J connectivity index is 1.70. The van der Waals surface area contributed by atoms with E-state index in [-0.39, 0.29) is 5.91 Å². The van der Waals surface area contributed by atoms with Crippen LogP contribution in [0.1, 0.15) is 46.3 Å². The molecule has 0 radical (unpaired) electrons. The molecule has 6 nitrogen and oxygen atoms in total. The van der Waals surface area contributed by atoms with Crippen LogP contribution in [0.5, 0.6) is 0 Å². The molecule has 1 fully saturated rings. The Morgan fingerprint density at radius 1 is 1.19 bits per heavy atom. The van der Waals surface area contributed by atoms with Gasteiger partial charge in [-0.3, -0.25) is 14.6 Å².